The standard InChI is InChI=1S/C17H23N4O2.ClHO4/c1-12-6-5-7-13(2)14(12)15-18-16(20-17(19-15)22-4)21(3)8-10-23-11-9-21;2-1(3,4)5/h5-7H,8-11H2,1-4H3;(H,2,3,4,5)/q+1;/p-1. The fraction of sp³-hybridized carbons (Fsp3) is 0.471. The highest BCUT2D eigenvalue weighted by Crippen LogP contribution is 2.28. The van der Waals surface area contributed by atoms with Crippen LogP contribution in [-0.4, -0.2) is 55.4 Å². The van der Waals surface area contributed by atoms with Crippen molar-refractivity contribution in [1.82, 2.24) is 19.4 Å². The average Bonchev–Trinajstić information content (AvgIpc) is 2.60. The molecule has 0 spiro atoms. The maximum Gasteiger partial charge on any atom is 0.335 e. The minimum Gasteiger partial charge on any atom is -0.467 e. The van der Waals surface area contributed by atoms with E-state index in [1.807, 2.05) is 6.07 Å². The van der Waals surface area contributed by atoms with Gasteiger partial charge in [0.05, 0.1) is 27.4 Å². The van der Waals surface area contributed by atoms with Gasteiger partial charge in [0.2, 0.25) is 0 Å². The first-order valence-corrected chi connectivity index (χ1v) is 9.68. The Morgan fingerprint density at radius 2 is 1.54 bits per heavy atom. The van der Waals surface area contributed by atoms with Gasteiger partial charge in [-0.3, -0.25) is 4.48 Å². The fourth-order valence-electron chi connectivity index (χ4n) is 2.90. The largest absolute Gasteiger partial charge is 0.467 e. The van der Waals surface area contributed by atoms with Gasteiger partial charge < -0.3 is 9.47 Å². The highest BCUT2D eigenvalue weighted by Gasteiger charge is 2.33. The van der Waals surface area contributed by atoms with Crippen molar-refractivity contribution in [3.8, 4) is 17.4 Å². The molecule has 0 N–H and O–H groups in total. The molecule has 0 atom stereocenters. The molecule has 0 saturated carbocycles. The molecule has 28 heavy (non-hydrogen) atoms. The Labute approximate surface area is 165 Å². The first-order valence-electron chi connectivity index (χ1n) is 8.45. The summed E-state index contributed by atoms with van der Waals surface area (Å²) in [5, 5.41) is 0. The molecule has 1 aliphatic heterocycles. The molecule has 1 fully saturated rings. The molecule has 11 heteroatoms. The van der Waals surface area contributed by atoms with Crippen LogP contribution in [0.2, 0.25) is 0 Å². The van der Waals surface area contributed by atoms with Crippen LogP contribution in [0, 0.1) is 24.1 Å². The SMILES string of the molecule is COc1nc(-c2c(C)cccc2C)nc([N+]2(C)CCOCC2)n1.[O-][Cl+3]([O-])([O-])[O-]. The minimum atomic E-state index is -4.94. The van der Waals surface area contributed by atoms with Gasteiger partial charge in [0, 0.05) is 5.56 Å². The van der Waals surface area contributed by atoms with Gasteiger partial charge in [-0.25, -0.2) is 18.6 Å². The number of ether oxygens (including phenoxy) is 2. The number of benzene rings is 1. The molecule has 3 rings (SSSR count). The molecule has 1 aromatic heterocycles. The number of nitrogens with zero attached hydrogens (tertiary/aromatic N) is 4. The third-order valence-electron chi connectivity index (χ3n) is 4.43. The predicted octanol–water partition coefficient (Wildman–Crippen LogP) is -2.62. The summed E-state index contributed by atoms with van der Waals surface area (Å²) in [6, 6.07) is 6.55. The smallest absolute Gasteiger partial charge is 0.335 e. The molecule has 0 unspecified atom stereocenters. The molecule has 2 heterocycles. The molecule has 0 bridgehead atoms. The highest BCUT2D eigenvalue weighted by atomic mass is 35.7. The first-order chi connectivity index (χ1) is 13.0. The quantitative estimate of drug-likeness (QED) is 0.491. The summed E-state index contributed by atoms with van der Waals surface area (Å²) < 4.78 is 45.4. The van der Waals surface area contributed by atoms with E-state index in [0.717, 1.165) is 35.7 Å². The number of quaternary nitrogens is 1. The molecule has 154 valence electrons. The number of aryl methyl sites for hydroxylation is 2. The van der Waals surface area contributed by atoms with E-state index in [1.54, 1.807) is 7.11 Å². The predicted molar refractivity (Wildman–Crippen MR) is 89.6 cm³/mol. The Bertz CT molecular complexity index is 782. The zero-order chi connectivity index (χ0) is 20.9. The zero-order valence-electron chi connectivity index (χ0n) is 16.2. The number of aromatic nitrogens is 3. The number of likely N-dealkylation sites (N-methyl/N-ethyl adjacent to an activating group) is 1. The summed E-state index contributed by atoms with van der Waals surface area (Å²) in [5.41, 5.74) is 3.34. The second kappa shape index (κ2) is 9.05. The van der Waals surface area contributed by atoms with Crippen molar-refractivity contribution in [1.29, 1.82) is 0 Å². The summed E-state index contributed by atoms with van der Waals surface area (Å²) in [6.07, 6.45) is 0. The second-order valence-electron chi connectivity index (χ2n) is 6.55. The summed E-state index contributed by atoms with van der Waals surface area (Å²) in [4.78, 5) is 13.8. The molecule has 0 aliphatic carbocycles. The van der Waals surface area contributed by atoms with E-state index in [4.69, 9.17) is 33.1 Å². The molecule has 10 nitrogen and oxygen atoms in total. The minimum absolute atomic E-state index is 0.360. The maximum absolute atomic E-state index is 8.49. The Hall–Kier alpha value is -1.92. The number of morpholine rings is 1. The van der Waals surface area contributed by atoms with Gasteiger partial charge in [0.15, 0.2) is 5.82 Å². The van der Waals surface area contributed by atoms with E-state index in [2.05, 4.69) is 43.0 Å². The molecule has 0 amide bonds. The van der Waals surface area contributed by atoms with E-state index in [1.165, 1.54) is 0 Å². The van der Waals surface area contributed by atoms with Crippen LogP contribution in [-0.2, 0) is 4.74 Å². The third kappa shape index (κ3) is 6.04. The van der Waals surface area contributed by atoms with E-state index >= 15 is 0 Å². The van der Waals surface area contributed by atoms with Crippen molar-refractivity contribution in [2.24, 2.45) is 0 Å². The Morgan fingerprint density at radius 3 is 2.04 bits per heavy atom. The molecule has 1 aliphatic rings. The topological polar surface area (TPSA) is 149 Å². The van der Waals surface area contributed by atoms with Crippen LogP contribution < -0.4 is 27.9 Å². The van der Waals surface area contributed by atoms with Gasteiger partial charge in [0.25, 0.3) is 0 Å². The van der Waals surface area contributed by atoms with Gasteiger partial charge >= 0.3 is 12.0 Å². The van der Waals surface area contributed by atoms with Gasteiger partial charge in [-0.1, -0.05) is 18.2 Å². The molecule has 1 saturated heterocycles. The molecular formula is C17H23ClN4O6. The number of methoxy groups -OCH3 is 1. The Balaban J connectivity index is 0.000000500. The monoisotopic (exact) mass is 414 g/mol. The first kappa shape index (κ1) is 22.4. The normalized spacial score (nSPS) is 16.1. The molecular weight excluding hydrogens is 392 g/mol. The average molecular weight is 415 g/mol. The van der Waals surface area contributed by atoms with E-state index in [9.17, 15) is 0 Å². The zero-order valence-corrected chi connectivity index (χ0v) is 16.9. The van der Waals surface area contributed by atoms with Gasteiger partial charge in [-0.15, -0.1) is 15.2 Å². The van der Waals surface area contributed by atoms with E-state index in [0.29, 0.717) is 29.5 Å². The van der Waals surface area contributed by atoms with Crippen LogP contribution in [0.15, 0.2) is 18.2 Å². The Kier molecular flexibility index (Phi) is 7.23. The van der Waals surface area contributed by atoms with Crippen molar-refractivity contribution in [3.05, 3.63) is 29.3 Å². The van der Waals surface area contributed by atoms with Crippen molar-refractivity contribution in [2.75, 3.05) is 40.5 Å². The fourth-order valence-corrected chi connectivity index (χ4v) is 2.90. The second-order valence-corrected chi connectivity index (χ2v) is 7.30. The number of rotatable bonds is 3. The van der Waals surface area contributed by atoms with Gasteiger partial charge in [-0.05, 0) is 25.0 Å². The molecule has 1 aromatic carbocycles. The van der Waals surface area contributed by atoms with E-state index in [-0.39, 0.29) is 0 Å². The third-order valence-corrected chi connectivity index (χ3v) is 4.43. The van der Waals surface area contributed by atoms with Gasteiger partial charge in [-0.2, -0.15) is 9.97 Å². The van der Waals surface area contributed by atoms with Crippen molar-refractivity contribution >= 4 is 5.95 Å². The van der Waals surface area contributed by atoms with Crippen LogP contribution in [0.3, 0.4) is 0 Å². The van der Waals surface area contributed by atoms with Crippen LogP contribution >= 0.6 is 0 Å². The maximum atomic E-state index is 8.49. The van der Waals surface area contributed by atoms with Crippen molar-refractivity contribution in [2.45, 2.75) is 13.8 Å². The molecule has 2 aromatic rings. The summed E-state index contributed by atoms with van der Waals surface area (Å²) >= 11 is 0. The Morgan fingerprint density at radius 1 is 1.00 bits per heavy atom. The number of hydrogen-bond donors (Lipinski definition) is 0. The van der Waals surface area contributed by atoms with Gasteiger partial charge in [0.1, 0.15) is 13.1 Å². The lowest BCUT2D eigenvalue weighted by Crippen LogP contribution is -2.68. The van der Waals surface area contributed by atoms with Crippen LogP contribution in [0.4, 0.5) is 5.95 Å². The van der Waals surface area contributed by atoms with E-state index < -0.39 is 10.2 Å². The number of halogens is 1. The lowest BCUT2D eigenvalue weighted by Gasteiger charge is -2.34. The van der Waals surface area contributed by atoms with Crippen LogP contribution in [0.1, 0.15) is 11.1 Å². The lowest BCUT2D eigenvalue weighted by molar-refractivity contribution is -2.00. The van der Waals surface area contributed by atoms with Crippen molar-refractivity contribution < 1.29 is 38.4 Å². The summed E-state index contributed by atoms with van der Waals surface area (Å²) in [7, 11) is -1.22. The summed E-state index contributed by atoms with van der Waals surface area (Å²) in [6.45, 7) is 7.26. The van der Waals surface area contributed by atoms with Crippen LogP contribution in [0.25, 0.3) is 11.4 Å². The highest BCUT2D eigenvalue weighted by molar-refractivity contribution is 5.65. The lowest BCUT2D eigenvalue weighted by atomic mass is 10.0. The van der Waals surface area contributed by atoms with Crippen molar-refractivity contribution in [3.63, 3.8) is 0 Å². The van der Waals surface area contributed by atoms with Crippen LogP contribution in [0.5, 0.6) is 6.01 Å². The molecule has 0 radical (unpaired) electrons. The summed E-state index contributed by atoms with van der Waals surface area (Å²) in [5.74, 6) is 1.41. The number of hydrogen-bond acceptors (Lipinski definition) is 9.